The van der Waals surface area contributed by atoms with E-state index in [2.05, 4.69) is 37.4 Å². The number of rotatable bonds is 6. The maximum Gasteiger partial charge on any atom is 0.331 e. The molecule has 0 aromatic heterocycles. The summed E-state index contributed by atoms with van der Waals surface area (Å²) >= 11 is 6.20. The van der Waals surface area contributed by atoms with Gasteiger partial charge in [0.25, 0.3) is 0 Å². The smallest absolute Gasteiger partial charge is 0.331 e. The Morgan fingerprint density at radius 3 is 2.59 bits per heavy atom. The summed E-state index contributed by atoms with van der Waals surface area (Å²) in [5, 5.41) is 13.9. The van der Waals surface area contributed by atoms with Crippen LogP contribution in [0.2, 0.25) is 5.02 Å². The third-order valence-corrected chi connectivity index (χ3v) is 8.19. The Bertz CT molecular complexity index is 981. The average Bonchev–Trinajstić information content (AvgIpc) is 3.09. The van der Waals surface area contributed by atoms with Crippen molar-refractivity contribution >= 4 is 23.3 Å². The van der Waals surface area contributed by atoms with Crippen molar-refractivity contribution in [1.82, 2.24) is 0 Å². The van der Waals surface area contributed by atoms with Crippen LogP contribution in [0.5, 0.6) is 0 Å². The van der Waals surface area contributed by atoms with Crippen molar-refractivity contribution in [2.75, 3.05) is 19.0 Å². The topological polar surface area (TPSA) is 58.6 Å². The van der Waals surface area contributed by atoms with E-state index in [0.29, 0.717) is 23.8 Å². The summed E-state index contributed by atoms with van der Waals surface area (Å²) in [6, 6.07) is 14.2. The lowest BCUT2D eigenvalue weighted by atomic mass is 9.59. The molecule has 32 heavy (non-hydrogen) atoms. The summed E-state index contributed by atoms with van der Waals surface area (Å²) in [5.41, 5.74) is 4.39. The van der Waals surface area contributed by atoms with Crippen LogP contribution in [0.1, 0.15) is 55.7 Å². The van der Waals surface area contributed by atoms with Crippen LogP contribution in [0.15, 0.2) is 42.5 Å². The minimum absolute atomic E-state index is 0.0400. The molecule has 4 rings (SSSR count). The minimum Gasteiger partial charge on any atom is -0.467 e. The molecule has 0 amide bonds. The molecule has 2 aromatic carbocycles. The maximum atomic E-state index is 13.0. The number of aliphatic hydroxyl groups is 1. The summed E-state index contributed by atoms with van der Waals surface area (Å²) in [4.78, 5) is 13.0. The Labute approximate surface area is 196 Å². The van der Waals surface area contributed by atoms with Gasteiger partial charge in [-0.15, -0.1) is 0 Å². The number of esters is 1. The maximum absolute atomic E-state index is 13.0. The number of aliphatic hydroxyl groups excluding tert-OH is 1. The molecule has 0 saturated heterocycles. The van der Waals surface area contributed by atoms with Crippen molar-refractivity contribution in [2.45, 2.75) is 63.3 Å². The van der Waals surface area contributed by atoms with E-state index >= 15 is 0 Å². The molecule has 0 bridgehead atoms. The molecule has 2 aliphatic carbocycles. The van der Waals surface area contributed by atoms with Crippen molar-refractivity contribution in [3.05, 3.63) is 64.2 Å². The van der Waals surface area contributed by atoms with Gasteiger partial charge in [-0.25, -0.2) is 4.79 Å². The van der Waals surface area contributed by atoms with E-state index in [9.17, 15) is 9.90 Å². The molecule has 5 heteroatoms. The van der Waals surface area contributed by atoms with Crippen LogP contribution in [0.3, 0.4) is 0 Å². The summed E-state index contributed by atoms with van der Waals surface area (Å²) in [6.07, 6.45) is 5.27. The Balaban J connectivity index is 1.67. The number of aryl methyl sites for hydroxylation is 1. The Morgan fingerprint density at radius 2 is 1.94 bits per heavy atom. The fourth-order valence-electron chi connectivity index (χ4n) is 6.19. The third-order valence-electron chi connectivity index (χ3n) is 7.96. The number of halogens is 1. The molecule has 1 fully saturated rings. The van der Waals surface area contributed by atoms with Gasteiger partial charge in [0.1, 0.15) is 5.54 Å². The fraction of sp³-hybridized carbons (Fsp3) is 0.519. The third kappa shape index (κ3) is 4.04. The van der Waals surface area contributed by atoms with Crippen molar-refractivity contribution in [2.24, 2.45) is 11.8 Å². The number of hydrogen-bond donors (Lipinski definition) is 2. The van der Waals surface area contributed by atoms with Gasteiger partial charge in [0.05, 0.1) is 7.11 Å². The van der Waals surface area contributed by atoms with E-state index in [1.54, 1.807) is 0 Å². The first-order valence-corrected chi connectivity index (χ1v) is 12.0. The van der Waals surface area contributed by atoms with E-state index in [1.165, 1.54) is 23.8 Å². The Morgan fingerprint density at radius 1 is 1.22 bits per heavy atom. The molecule has 1 saturated carbocycles. The quantitative estimate of drug-likeness (QED) is 0.550. The van der Waals surface area contributed by atoms with Gasteiger partial charge in [-0.05, 0) is 97.6 Å². The Hall–Kier alpha value is -2.04. The molecular formula is C27H34ClNO3. The lowest BCUT2D eigenvalue weighted by Crippen LogP contribution is -2.53. The molecule has 2 aromatic rings. The number of carbonyl (C=O) groups excluding carboxylic acids is 1. The van der Waals surface area contributed by atoms with E-state index in [1.807, 2.05) is 24.3 Å². The molecule has 0 radical (unpaired) electrons. The molecule has 4 nitrogen and oxygen atoms in total. The first-order valence-electron chi connectivity index (χ1n) is 11.7. The predicted molar refractivity (Wildman–Crippen MR) is 129 cm³/mol. The van der Waals surface area contributed by atoms with Crippen LogP contribution in [-0.4, -0.2) is 30.3 Å². The van der Waals surface area contributed by atoms with Crippen LogP contribution in [0.25, 0.3) is 0 Å². The summed E-state index contributed by atoms with van der Waals surface area (Å²) < 4.78 is 5.28. The van der Waals surface area contributed by atoms with Crippen LogP contribution in [-0.2, 0) is 21.4 Å². The zero-order valence-corrected chi connectivity index (χ0v) is 20.0. The second-order valence-electron chi connectivity index (χ2n) is 9.89. The SMILES string of the molecule is COC(=O)C1(Nc2cccc(Cl)c2)CCC2(CC1)c1cccc(C)c1CC2C[C@@H](C)CO. The monoisotopic (exact) mass is 455 g/mol. The van der Waals surface area contributed by atoms with Crippen molar-refractivity contribution in [1.29, 1.82) is 0 Å². The van der Waals surface area contributed by atoms with Crippen molar-refractivity contribution in [3.63, 3.8) is 0 Å². The summed E-state index contributed by atoms with van der Waals surface area (Å²) in [5.74, 6) is 0.529. The highest BCUT2D eigenvalue weighted by Crippen LogP contribution is 2.56. The number of anilines is 1. The zero-order valence-electron chi connectivity index (χ0n) is 19.3. The molecule has 1 spiro atoms. The number of benzene rings is 2. The van der Waals surface area contributed by atoms with Gasteiger partial charge in [0.15, 0.2) is 0 Å². The van der Waals surface area contributed by atoms with Gasteiger partial charge in [-0.3, -0.25) is 0 Å². The number of ether oxygens (including phenoxy) is 1. The number of hydrogen-bond acceptors (Lipinski definition) is 4. The standard InChI is InChI=1S/C27H34ClNO3/c1-18(17-30)14-20-15-23-19(2)6-4-9-24(23)26(20)10-12-27(13-11-26,25(31)32-3)29-22-8-5-7-21(28)16-22/h4-9,16,18,20,29-30H,10-15,17H2,1-3H3/t18-,20?,26?,27?/m1/s1. The highest BCUT2D eigenvalue weighted by atomic mass is 35.5. The number of nitrogens with one attached hydrogen (secondary N) is 1. The largest absolute Gasteiger partial charge is 0.467 e. The lowest BCUT2D eigenvalue weighted by Gasteiger charge is -2.47. The predicted octanol–water partition coefficient (Wildman–Crippen LogP) is 5.67. The molecule has 2 N–H and O–H groups in total. The molecule has 2 atom stereocenters. The highest BCUT2D eigenvalue weighted by molar-refractivity contribution is 6.30. The van der Waals surface area contributed by atoms with E-state index in [4.69, 9.17) is 16.3 Å². The second-order valence-corrected chi connectivity index (χ2v) is 10.3. The summed E-state index contributed by atoms with van der Waals surface area (Å²) in [7, 11) is 1.47. The second kappa shape index (κ2) is 9.07. The normalized spacial score (nSPS) is 27.7. The number of fused-ring (bicyclic) bond motifs is 2. The average molecular weight is 456 g/mol. The Kier molecular flexibility index (Phi) is 6.56. The van der Waals surface area contributed by atoms with Gasteiger partial charge in [0, 0.05) is 17.3 Å². The summed E-state index contributed by atoms with van der Waals surface area (Å²) in [6.45, 7) is 4.54. The molecular weight excluding hydrogens is 422 g/mol. The van der Waals surface area contributed by atoms with Gasteiger partial charge >= 0.3 is 5.97 Å². The van der Waals surface area contributed by atoms with Crippen LogP contribution >= 0.6 is 11.6 Å². The first kappa shape index (κ1) is 23.1. The van der Waals surface area contributed by atoms with E-state index in [0.717, 1.165) is 31.4 Å². The highest BCUT2D eigenvalue weighted by Gasteiger charge is 2.54. The fourth-order valence-corrected chi connectivity index (χ4v) is 6.38. The zero-order chi connectivity index (χ0) is 22.9. The lowest BCUT2D eigenvalue weighted by molar-refractivity contribution is -0.148. The van der Waals surface area contributed by atoms with Gasteiger partial charge < -0.3 is 15.2 Å². The number of carbonyl (C=O) groups is 1. The van der Waals surface area contributed by atoms with Gasteiger partial charge in [-0.2, -0.15) is 0 Å². The van der Waals surface area contributed by atoms with E-state index < -0.39 is 5.54 Å². The minimum atomic E-state index is -0.760. The van der Waals surface area contributed by atoms with Crippen LogP contribution in [0, 0.1) is 18.8 Å². The van der Waals surface area contributed by atoms with Crippen molar-refractivity contribution in [3.8, 4) is 0 Å². The molecule has 2 aliphatic rings. The van der Waals surface area contributed by atoms with Crippen molar-refractivity contribution < 1.29 is 14.6 Å². The van der Waals surface area contributed by atoms with Gasteiger partial charge in [-0.1, -0.05) is 42.8 Å². The van der Waals surface area contributed by atoms with Gasteiger partial charge in [0.2, 0.25) is 0 Å². The van der Waals surface area contributed by atoms with Crippen LogP contribution in [0.4, 0.5) is 5.69 Å². The first-order chi connectivity index (χ1) is 15.3. The van der Waals surface area contributed by atoms with Crippen LogP contribution < -0.4 is 5.32 Å². The molecule has 172 valence electrons. The van der Waals surface area contributed by atoms with E-state index in [-0.39, 0.29) is 23.9 Å². The number of methoxy groups -OCH3 is 1. The molecule has 1 unspecified atom stereocenters. The molecule has 0 heterocycles. The molecule has 0 aliphatic heterocycles.